The van der Waals surface area contributed by atoms with E-state index in [2.05, 4.69) is 10.1 Å². The van der Waals surface area contributed by atoms with Gasteiger partial charge in [-0.05, 0) is 23.6 Å². The summed E-state index contributed by atoms with van der Waals surface area (Å²) < 4.78 is 87.7. The molecule has 0 aliphatic heterocycles. The maximum atomic E-state index is 14.1. The van der Waals surface area contributed by atoms with Gasteiger partial charge in [-0.15, -0.1) is 8.98 Å². The van der Waals surface area contributed by atoms with Crippen molar-refractivity contribution in [2.45, 2.75) is 30.8 Å². The topological polar surface area (TPSA) is 64.8 Å². The molecule has 0 aliphatic rings. The normalized spacial score (nSPS) is 12.9. The van der Waals surface area contributed by atoms with Crippen molar-refractivity contribution < 1.29 is 29.9 Å². The predicted molar refractivity (Wildman–Crippen MR) is 68.7 cm³/mol. The maximum Gasteiger partial charge on any atom is 0.453 e. The van der Waals surface area contributed by atoms with E-state index in [1.165, 1.54) is 13.8 Å². The van der Waals surface area contributed by atoms with E-state index in [0.717, 1.165) is 6.07 Å². The summed E-state index contributed by atoms with van der Waals surface area (Å²) >= 11 is 0. The molecule has 0 atom stereocenters. The van der Waals surface area contributed by atoms with Gasteiger partial charge in [-0.2, -0.15) is 21.6 Å². The largest absolute Gasteiger partial charge is 0.453 e. The molecule has 1 heterocycles. The first-order chi connectivity index (χ1) is 10.4. The monoisotopic (exact) mass is 355 g/mol. The van der Waals surface area contributed by atoms with Crippen LogP contribution in [-0.2, 0) is 16.4 Å². The average Bonchev–Trinajstić information content (AvgIpc) is 2.86. The summed E-state index contributed by atoms with van der Waals surface area (Å²) in [5, 5.41) is 3.03. The number of alkyl halides is 3. The Balaban J connectivity index is 2.67. The van der Waals surface area contributed by atoms with Gasteiger partial charge in [0.1, 0.15) is 22.7 Å². The van der Waals surface area contributed by atoms with Crippen LogP contribution in [0.1, 0.15) is 31.2 Å². The zero-order valence-electron chi connectivity index (χ0n) is 11.8. The van der Waals surface area contributed by atoms with Crippen molar-refractivity contribution in [1.82, 2.24) is 14.8 Å². The molecular weight excluding hydrogens is 345 g/mol. The molecule has 0 unspecified atom stereocenters. The molecule has 0 amide bonds. The van der Waals surface area contributed by atoms with Gasteiger partial charge in [0.2, 0.25) is 0 Å². The highest BCUT2D eigenvalue weighted by Crippen LogP contribution is 2.30. The number of rotatable bonds is 3. The van der Waals surface area contributed by atoms with Gasteiger partial charge in [0.25, 0.3) is 5.82 Å². The van der Waals surface area contributed by atoms with Crippen LogP contribution in [0.2, 0.25) is 0 Å². The molecule has 126 valence electrons. The fourth-order valence-electron chi connectivity index (χ4n) is 1.90. The Kier molecular flexibility index (Phi) is 4.18. The maximum absolute atomic E-state index is 14.1. The van der Waals surface area contributed by atoms with E-state index in [9.17, 15) is 29.9 Å². The van der Waals surface area contributed by atoms with Crippen LogP contribution in [0.25, 0.3) is 5.69 Å². The van der Waals surface area contributed by atoms with Gasteiger partial charge in [-0.3, -0.25) is 0 Å². The fraction of sp³-hybridized carbons (Fsp3) is 0.333. The zero-order valence-corrected chi connectivity index (χ0v) is 12.6. The second-order valence-electron chi connectivity index (χ2n) is 4.94. The summed E-state index contributed by atoms with van der Waals surface area (Å²) in [4.78, 5) is 2.15. The Morgan fingerprint density at radius 1 is 1.22 bits per heavy atom. The predicted octanol–water partition coefficient (Wildman–Crippen LogP) is 3.21. The van der Waals surface area contributed by atoms with Crippen molar-refractivity contribution in [2.75, 3.05) is 0 Å². The van der Waals surface area contributed by atoms with Crippen molar-refractivity contribution in [2.24, 2.45) is 0 Å². The second kappa shape index (κ2) is 5.55. The van der Waals surface area contributed by atoms with E-state index >= 15 is 0 Å². The number of hydrogen-bond donors (Lipinski definition) is 0. The van der Waals surface area contributed by atoms with E-state index < -0.39 is 44.5 Å². The summed E-state index contributed by atoms with van der Waals surface area (Å²) in [6.45, 7) is 3.03. The molecule has 1 aromatic carbocycles. The average molecular weight is 355 g/mol. The van der Waals surface area contributed by atoms with Crippen LogP contribution in [0.3, 0.4) is 0 Å². The Morgan fingerprint density at radius 2 is 1.83 bits per heavy atom. The molecule has 0 fully saturated rings. The third-order valence-corrected chi connectivity index (χ3v) is 3.84. The molecule has 0 saturated carbocycles. The van der Waals surface area contributed by atoms with Crippen molar-refractivity contribution in [1.29, 1.82) is 0 Å². The molecule has 1 aromatic heterocycles. The molecule has 0 radical (unpaired) electrons. The van der Waals surface area contributed by atoms with Gasteiger partial charge in [-0.1, -0.05) is 13.8 Å². The second-order valence-corrected chi connectivity index (χ2v) is 6.26. The highest BCUT2D eigenvalue weighted by molar-refractivity contribution is 7.86. The molecule has 0 bridgehead atoms. The Morgan fingerprint density at radius 3 is 2.26 bits per heavy atom. The summed E-state index contributed by atoms with van der Waals surface area (Å²) in [6, 6.07) is 1.34. The Bertz CT molecular complexity index is 843. The first-order valence-corrected chi connectivity index (χ1v) is 7.57. The minimum absolute atomic E-state index is 0.134. The summed E-state index contributed by atoms with van der Waals surface area (Å²) in [5.41, 5.74) is -0.793. The number of halogens is 5. The van der Waals surface area contributed by atoms with Crippen molar-refractivity contribution in [3.8, 4) is 5.69 Å². The zero-order chi connectivity index (χ0) is 17.6. The van der Waals surface area contributed by atoms with Gasteiger partial charge in [0.15, 0.2) is 0 Å². The van der Waals surface area contributed by atoms with Crippen molar-refractivity contribution in [3.05, 3.63) is 35.7 Å². The van der Waals surface area contributed by atoms with Crippen LogP contribution in [0.5, 0.6) is 0 Å². The lowest BCUT2D eigenvalue weighted by Gasteiger charge is -2.12. The van der Waals surface area contributed by atoms with Crippen LogP contribution in [0.4, 0.5) is 21.4 Å². The third kappa shape index (κ3) is 3.49. The SMILES string of the molecule is CC(C)c1cc(F)c(-n2cnc(C(F)(F)F)n2)cc1S(=O)(=O)F. The third-order valence-electron chi connectivity index (χ3n) is 2.96. The Labute approximate surface area is 128 Å². The molecular formula is C12H10F5N3O2S. The van der Waals surface area contributed by atoms with Crippen LogP contribution in [0, 0.1) is 5.82 Å². The van der Waals surface area contributed by atoms with E-state index in [4.69, 9.17) is 0 Å². The lowest BCUT2D eigenvalue weighted by Crippen LogP contribution is -2.10. The molecule has 11 heteroatoms. The highest BCUT2D eigenvalue weighted by atomic mass is 32.3. The van der Waals surface area contributed by atoms with E-state index in [1.807, 2.05) is 0 Å². The van der Waals surface area contributed by atoms with Gasteiger partial charge in [0, 0.05) is 0 Å². The highest BCUT2D eigenvalue weighted by Gasteiger charge is 2.36. The summed E-state index contributed by atoms with van der Waals surface area (Å²) in [7, 11) is -5.20. The molecule has 0 aliphatic carbocycles. The first-order valence-electron chi connectivity index (χ1n) is 6.18. The van der Waals surface area contributed by atoms with Crippen LogP contribution >= 0.6 is 0 Å². The summed E-state index contributed by atoms with van der Waals surface area (Å²) in [6.07, 6.45) is -4.29. The quantitative estimate of drug-likeness (QED) is 0.626. The van der Waals surface area contributed by atoms with Crippen LogP contribution in [0.15, 0.2) is 23.4 Å². The van der Waals surface area contributed by atoms with E-state index in [-0.39, 0.29) is 5.56 Å². The number of benzene rings is 1. The van der Waals surface area contributed by atoms with E-state index in [0.29, 0.717) is 17.1 Å². The smallest absolute Gasteiger partial charge is 0.217 e. The van der Waals surface area contributed by atoms with Gasteiger partial charge in [0.05, 0.1) is 0 Å². The standard InChI is InChI=1S/C12H10F5N3O2S/c1-6(2)7-3-8(13)9(4-10(7)23(17,21)22)20-5-18-11(19-20)12(14,15)16/h3-6H,1-2H3. The van der Waals surface area contributed by atoms with Gasteiger partial charge >= 0.3 is 16.4 Å². The van der Waals surface area contributed by atoms with E-state index in [1.54, 1.807) is 0 Å². The number of hydrogen-bond acceptors (Lipinski definition) is 4. The molecule has 0 saturated heterocycles. The Hall–Kier alpha value is -2.04. The minimum Gasteiger partial charge on any atom is -0.217 e. The summed E-state index contributed by atoms with van der Waals surface area (Å²) in [5.74, 6) is -3.12. The minimum atomic E-state index is -5.20. The van der Waals surface area contributed by atoms with Gasteiger partial charge in [-0.25, -0.2) is 14.1 Å². The first kappa shape index (κ1) is 17.3. The fourth-order valence-corrected chi connectivity index (χ4v) is 2.73. The molecule has 5 nitrogen and oxygen atoms in total. The van der Waals surface area contributed by atoms with Crippen LogP contribution < -0.4 is 0 Å². The number of aromatic nitrogens is 3. The molecule has 2 rings (SSSR count). The van der Waals surface area contributed by atoms with Crippen molar-refractivity contribution >= 4 is 10.2 Å². The van der Waals surface area contributed by atoms with Crippen LogP contribution in [-0.4, -0.2) is 23.2 Å². The molecule has 2 aromatic rings. The molecule has 0 spiro atoms. The molecule has 23 heavy (non-hydrogen) atoms. The lowest BCUT2D eigenvalue weighted by molar-refractivity contribution is -0.144. The molecule has 0 N–H and O–H groups in total. The van der Waals surface area contributed by atoms with Gasteiger partial charge < -0.3 is 0 Å². The van der Waals surface area contributed by atoms with Crippen molar-refractivity contribution in [3.63, 3.8) is 0 Å². The number of nitrogens with zero attached hydrogens (tertiary/aromatic N) is 3. The lowest BCUT2D eigenvalue weighted by atomic mass is 10.0.